The molecule has 4 heteroatoms. The maximum Gasteiger partial charge on any atom is 0.123 e. The Bertz CT molecular complexity index is 609. The lowest BCUT2D eigenvalue weighted by Gasteiger charge is -2.18. The van der Waals surface area contributed by atoms with Gasteiger partial charge in [0.2, 0.25) is 0 Å². The molecule has 0 radical (unpaired) electrons. The first-order valence-corrected chi connectivity index (χ1v) is 7.01. The Labute approximate surface area is 112 Å². The average molecular weight is 257 g/mol. The van der Waals surface area contributed by atoms with Gasteiger partial charge in [0.15, 0.2) is 0 Å². The summed E-state index contributed by atoms with van der Waals surface area (Å²) >= 11 is 0. The molecule has 2 fully saturated rings. The van der Waals surface area contributed by atoms with Crippen molar-refractivity contribution in [2.75, 3.05) is 19.7 Å². The van der Waals surface area contributed by atoms with Crippen LogP contribution in [0.1, 0.15) is 5.82 Å². The lowest BCUT2D eigenvalue weighted by atomic mass is 10.3. The van der Waals surface area contributed by atoms with Crippen molar-refractivity contribution >= 4 is 11.0 Å². The molecule has 19 heavy (non-hydrogen) atoms. The Morgan fingerprint density at radius 2 is 2.00 bits per heavy atom. The third-order valence-electron chi connectivity index (χ3n) is 4.90. The van der Waals surface area contributed by atoms with Crippen molar-refractivity contribution in [2.24, 2.45) is 24.8 Å². The second kappa shape index (κ2) is 4.05. The van der Waals surface area contributed by atoms with Crippen molar-refractivity contribution in [2.45, 2.75) is 6.54 Å². The lowest BCUT2D eigenvalue weighted by molar-refractivity contribution is 0.214. The molecule has 1 aromatic heterocycles. The highest BCUT2D eigenvalue weighted by molar-refractivity contribution is 5.75. The highest BCUT2D eigenvalue weighted by atomic mass is 16.3. The van der Waals surface area contributed by atoms with Gasteiger partial charge in [-0.25, -0.2) is 4.98 Å². The van der Waals surface area contributed by atoms with Gasteiger partial charge in [-0.3, -0.25) is 4.90 Å². The Morgan fingerprint density at radius 1 is 1.26 bits per heavy atom. The van der Waals surface area contributed by atoms with Gasteiger partial charge < -0.3 is 9.67 Å². The molecule has 1 aliphatic heterocycles. The molecule has 1 saturated heterocycles. The van der Waals surface area contributed by atoms with Crippen LogP contribution in [-0.4, -0.2) is 39.3 Å². The van der Waals surface area contributed by atoms with E-state index < -0.39 is 0 Å². The highest BCUT2D eigenvalue weighted by Gasteiger charge is 2.54. The first-order chi connectivity index (χ1) is 9.28. The smallest absolute Gasteiger partial charge is 0.123 e. The van der Waals surface area contributed by atoms with Gasteiger partial charge in [-0.1, -0.05) is 12.1 Å². The quantitative estimate of drug-likeness (QED) is 0.899. The van der Waals surface area contributed by atoms with Crippen molar-refractivity contribution in [3.8, 4) is 0 Å². The summed E-state index contributed by atoms with van der Waals surface area (Å²) in [4.78, 5) is 7.20. The summed E-state index contributed by atoms with van der Waals surface area (Å²) in [5.74, 6) is 3.19. The van der Waals surface area contributed by atoms with Crippen LogP contribution >= 0.6 is 0 Å². The largest absolute Gasteiger partial charge is 0.396 e. The van der Waals surface area contributed by atoms with Crippen LogP contribution in [0.15, 0.2) is 24.3 Å². The van der Waals surface area contributed by atoms with E-state index in [4.69, 9.17) is 4.98 Å². The molecule has 2 heterocycles. The lowest BCUT2D eigenvalue weighted by Crippen LogP contribution is -2.26. The van der Waals surface area contributed by atoms with Crippen LogP contribution in [0.4, 0.5) is 0 Å². The maximum absolute atomic E-state index is 9.19. The number of piperidine rings is 1. The fourth-order valence-electron chi connectivity index (χ4n) is 3.67. The zero-order chi connectivity index (χ0) is 13.0. The van der Waals surface area contributed by atoms with Crippen LogP contribution in [0.2, 0.25) is 0 Å². The van der Waals surface area contributed by atoms with Crippen molar-refractivity contribution < 1.29 is 5.11 Å². The van der Waals surface area contributed by atoms with Gasteiger partial charge in [-0.15, -0.1) is 0 Å². The molecule has 1 aliphatic carbocycles. The van der Waals surface area contributed by atoms with Crippen molar-refractivity contribution in [3.63, 3.8) is 0 Å². The number of aromatic nitrogens is 2. The molecule has 1 N–H and O–H groups in total. The monoisotopic (exact) mass is 257 g/mol. The molecule has 1 aromatic carbocycles. The second-order valence-corrected chi connectivity index (χ2v) is 5.94. The third kappa shape index (κ3) is 1.70. The standard InChI is InChI=1S/C15H19N3O/c1-17-14-5-3-2-4-13(14)16-15(17)8-18-6-10-11(7-18)12(10)9-19/h2-5,10-12,19H,6-9H2,1H3/t10-,11+,12+. The van der Waals surface area contributed by atoms with E-state index in [2.05, 4.69) is 34.7 Å². The van der Waals surface area contributed by atoms with E-state index in [1.807, 2.05) is 6.07 Å². The number of imidazole rings is 1. The van der Waals surface area contributed by atoms with Crippen LogP contribution in [0.25, 0.3) is 11.0 Å². The van der Waals surface area contributed by atoms with E-state index in [-0.39, 0.29) is 0 Å². The Kier molecular flexibility index (Phi) is 2.44. The molecule has 2 aromatic rings. The van der Waals surface area contributed by atoms with Gasteiger partial charge in [-0.2, -0.15) is 0 Å². The molecule has 0 spiro atoms. The number of nitrogens with zero attached hydrogens (tertiary/aromatic N) is 3. The van der Waals surface area contributed by atoms with Gasteiger partial charge in [0.25, 0.3) is 0 Å². The fourth-order valence-corrected chi connectivity index (χ4v) is 3.67. The number of benzene rings is 1. The fraction of sp³-hybridized carbons (Fsp3) is 0.533. The predicted octanol–water partition coefficient (Wildman–Crippen LogP) is 1.24. The maximum atomic E-state index is 9.19. The van der Waals surface area contributed by atoms with E-state index in [1.54, 1.807) is 0 Å². The number of aryl methyl sites for hydroxylation is 1. The highest BCUT2D eigenvalue weighted by Crippen LogP contribution is 2.51. The predicted molar refractivity (Wildman–Crippen MR) is 73.5 cm³/mol. The summed E-state index contributed by atoms with van der Waals surface area (Å²) in [5, 5.41) is 9.19. The minimum atomic E-state index is 0.370. The first-order valence-electron chi connectivity index (χ1n) is 7.01. The Hall–Kier alpha value is -1.39. The van der Waals surface area contributed by atoms with Gasteiger partial charge in [0.1, 0.15) is 5.82 Å². The zero-order valence-electron chi connectivity index (χ0n) is 11.2. The summed E-state index contributed by atoms with van der Waals surface area (Å²) in [7, 11) is 2.10. The number of rotatable bonds is 3. The number of hydrogen-bond acceptors (Lipinski definition) is 3. The number of para-hydroxylation sites is 2. The summed E-state index contributed by atoms with van der Waals surface area (Å²) in [6.07, 6.45) is 0. The summed E-state index contributed by atoms with van der Waals surface area (Å²) in [5.41, 5.74) is 2.28. The van der Waals surface area contributed by atoms with Crippen LogP contribution in [0.3, 0.4) is 0 Å². The molecule has 0 amide bonds. The molecule has 4 rings (SSSR count). The van der Waals surface area contributed by atoms with Crippen LogP contribution in [0.5, 0.6) is 0 Å². The molecule has 0 bridgehead atoms. The van der Waals surface area contributed by atoms with Crippen LogP contribution in [0, 0.1) is 17.8 Å². The minimum absolute atomic E-state index is 0.370. The molecule has 3 atom stereocenters. The Balaban J connectivity index is 1.52. The number of aliphatic hydroxyl groups excluding tert-OH is 1. The zero-order valence-corrected chi connectivity index (χ0v) is 11.2. The molecule has 1 saturated carbocycles. The molecule has 100 valence electrons. The molecule has 4 nitrogen and oxygen atoms in total. The van der Waals surface area contributed by atoms with E-state index in [9.17, 15) is 5.11 Å². The van der Waals surface area contributed by atoms with E-state index >= 15 is 0 Å². The molecular formula is C15H19N3O. The summed E-state index contributed by atoms with van der Waals surface area (Å²) in [6.45, 7) is 3.55. The van der Waals surface area contributed by atoms with Gasteiger partial charge in [-0.05, 0) is 29.9 Å². The number of aliphatic hydroxyl groups is 1. The summed E-state index contributed by atoms with van der Waals surface area (Å²) < 4.78 is 2.20. The van der Waals surface area contributed by atoms with Crippen molar-refractivity contribution in [3.05, 3.63) is 30.1 Å². The SMILES string of the molecule is Cn1c(CN2C[C@@H]3[C@@H](CO)[C@@H]3C2)nc2ccccc21. The topological polar surface area (TPSA) is 41.3 Å². The van der Waals surface area contributed by atoms with Gasteiger partial charge in [0.05, 0.1) is 17.6 Å². The second-order valence-electron chi connectivity index (χ2n) is 5.94. The van der Waals surface area contributed by atoms with Gasteiger partial charge >= 0.3 is 0 Å². The van der Waals surface area contributed by atoms with Gasteiger partial charge in [0, 0.05) is 26.7 Å². The Morgan fingerprint density at radius 3 is 2.68 bits per heavy atom. The molecular weight excluding hydrogens is 238 g/mol. The first kappa shape index (κ1) is 11.4. The average Bonchev–Trinajstić information content (AvgIpc) is 2.77. The molecule has 0 unspecified atom stereocenters. The minimum Gasteiger partial charge on any atom is -0.396 e. The summed E-state index contributed by atoms with van der Waals surface area (Å²) in [6, 6.07) is 8.29. The number of likely N-dealkylation sites (tertiary alicyclic amines) is 1. The molecule has 2 aliphatic rings. The number of hydrogen-bond donors (Lipinski definition) is 1. The van der Waals surface area contributed by atoms with Crippen molar-refractivity contribution in [1.29, 1.82) is 0 Å². The van der Waals surface area contributed by atoms with Crippen LogP contribution in [-0.2, 0) is 13.6 Å². The van der Waals surface area contributed by atoms with E-state index in [0.29, 0.717) is 12.5 Å². The third-order valence-corrected chi connectivity index (χ3v) is 4.90. The number of fused-ring (bicyclic) bond motifs is 2. The van der Waals surface area contributed by atoms with E-state index in [0.717, 1.165) is 42.8 Å². The van der Waals surface area contributed by atoms with Crippen LogP contribution < -0.4 is 0 Å². The van der Waals surface area contributed by atoms with Crippen molar-refractivity contribution in [1.82, 2.24) is 14.5 Å². The normalized spacial score (nSPS) is 29.9. The van der Waals surface area contributed by atoms with E-state index in [1.165, 1.54) is 5.52 Å².